The van der Waals surface area contributed by atoms with Gasteiger partial charge < -0.3 is 19.3 Å². The molecule has 0 amide bonds. The number of nitrogens with zero attached hydrogens (tertiary/aromatic N) is 1. The number of aliphatic hydroxyl groups is 1. The van der Waals surface area contributed by atoms with Gasteiger partial charge in [0.25, 0.3) is 0 Å². The van der Waals surface area contributed by atoms with Crippen molar-refractivity contribution < 1.29 is 28.9 Å². The van der Waals surface area contributed by atoms with Crippen LogP contribution in [0.15, 0.2) is 108 Å². The van der Waals surface area contributed by atoms with Crippen LogP contribution in [0.25, 0.3) is 0 Å². The highest BCUT2D eigenvalue weighted by Crippen LogP contribution is 2.27. The Morgan fingerprint density at radius 3 is 2.00 bits per heavy atom. The van der Waals surface area contributed by atoms with Crippen molar-refractivity contribution in [3.05, 3.63) is 114 Å². The first kappa shape index (κ1) is 23.1. The number of aliphatic imine (C=N–C) groups is 1. The molecule has 1 aliphatic heterocycles. The first-order valence-electron chi connectivity index (χ1n) is 10.7. The molecule has 2 unspecified atom stereocenters. The third kappa shape index (κ3) is 5.64. The molecule has 0 saturated heterocycles. The van der Waals surface area contributed by atoms with Crippen molar-refractivity contribution in [1.29, 1.82) is 0 Å². The van der Waals surface area contributed by atoms with E-state index in [4.69, 9.17) is 14.2 Å². The van der Waals surface area contributed by atoms with Crippen LogP contribution in [-0.4, -0.2) is 35.1 Å². The quantitative estimate of drug-likeness (QED) is 0.410. The summed E-state index contributed by atoms with van der Waals surface area (Å²) in [6.07, 6.45) is 0.983. The Kier molecular flexibility index (Phi) is 7.27. The van der Waals surface area contributed by atoms with Crippen LogP contribution >= 0.6 is 0 Å². The largest absolute Gasteiger partial charge is 0.457 e. The Morgan fingerprint density at radius 1 is 0.824 bits per heavy atom. The van der Waals surface area contributed by atoms with E-state index in [0.717, 1.165) is 17.2 Å². The molecule has 0 bridgehead atoms. The van der Waals surface area contributed by atoms with Gasteiger partial charge in [-0.1, -0.05) is 78.9 Å². The highest BCUT2D eigenvalue weighted by atomic mass is 16.6. The molecule has 1 aliphatic rings. The number of rotatable bonds is 8. The maximum atomic E-state index is 13.0. The zero-order valence-corrected chi connectivity index (χ0v) is 18.2. The smallest absolute Gasteiger partial charge is 0.352 e. The lowest BCUT2D eigenvalue weighted by molar-refractivity contribution is -0.165. The monoisotopic (exact) mass is 457 g/mol. The van der Waals surface area contributed by atoms with Gasteiger partial charge in [0, 0.05) is 6.21 Å². The van der Waals surface area contributed by atoms with Crippen LogP contribution in [0.1, 0.15) is 11.1 Å². The van der Waals surface area contributed by atoms with Crippen molar-refractivity contribution in [3.8, 4) is 5.75 Å². The van der Waals surface area contributed by atoms with Crippen LogP contribution in [0, 0.1) is 0 Å². The second kappa shape index (κ2) is 10.7. The topological polar surface area (TPSA) is 94.4 Å². The molecule has 7 heteroatoms. The zero-order valence-electron chi connectivity index (χ0n) is 18.2. The molecular formula is C27H23NO6. The van der Waals surface area contributed by atoms with Gasteiger partial charge in [-0.15, -0.1) is 0 Å². The molecule has 1 heterocycles. The van der Waals surface area contributed by atoms with Gasteiger partial charge in [-0.05, 0) is 29.3 Å². The Bertz CT molecular complexity index is 1180. The molecule has 172 valence electrons. The molecule has 0 spiro atoms. The summed E-state index contributed by atoms with van der Waals surface area (Å²) in [6.45, 7) is 0.122. The van der Waals surface area contributed by atoms with E-state index in [0.29, 0.717) is 0 Å². The van der Waals surface area contributed by atoms with Crippen molar-refractivity contribution in [2.45, 2.75) is 25.0 Å². The maximum Gasteiger partial charge on any atom is 0.352 e. The molecule has 3 aromatic carbocycles. The average Bonchev–Trinajstić information content (AvgIpc) is 2.88. The van der Waals surface area contributed by atoms with Crippen LogP contribution in [0.5, 0.6) is 5.75 Å². The fourth-order valence-corrected chi connectivity index (χ4v) is 3.28. The number of ether oxygens (including phenoxy) is 3. The number of para-hydroxylation sites is 1. The van der Waals surface area contributed by atoms with Crippen LogP contribution < -0.4 is 4.74 Å². The van der Waals surface area contributed by atoms with Gasteiger partial charge >= 0.3 is 11.9 Å². The Labute approximate surface area is 196 Å². The Balaban J connectivity index is 1.53. The number of benzene rings is 3. The molecule has 0 aromatic heterocycles. The van der Waals surface area contributed by atoms with Gasteiger partial charge in [0.2, 0.25) is 5.60 Å². The predicted molar refractivity (Wildman–Crippen MR) is 125 cm³/mol. The second-order valence-corrected chi connectivity index (χ2v) is 7.62. The lowest BCUT2D eigenvalue weighted by Gasteiger charge is -2.31. The Morgan fingerprint density at radius 2 is 1.38 bits per heavy atom. The number of hydrogen-bond donors (Lipinski definition) is 1. The molecule has 3 aromatic rings. The highest BCUT2D eigenvalue weighted by Gasteiger charge is 2.48. The minimum atomic E-state index is -2.35. The van der Waals surface area contributed by atoms with Crippen molar-refractivity contribution in [1.82, 2.24) is 0 Å². The number of hydrogen-bond acceptors (Lipinski definition) is 7. The van der Waals surface area contributed by atoms with Gasteiger partial charge in [0.1, 0.15) is 12.4 Å². The van der Waals surface area contributed by atoms with E-state index in [-0.39, 0.29) is 24.5 Å². The standard InChI is InChI=1S/C27H23NO6/c29-24(32-18-20-10-4-1-5-11-20)22-16-27(31,26(30)34-23-14-8-3-9-15-23)25(28-17-22)33-19-21-12-6-2-7-13-21/h1-17,25,31H,18-19H2. The van der Waals surface area contributed by atoms with Crippen LogP contribution in [0.4, 0.5) is 0 Å². The summed E-state index contributed by atoms with van der Waals surface area (Å²) in [5.74, 6) is -1.53. The second-order valence-electron chi connectivity index (χ2n) is 7.62. The van der Waals surface area contributed by atoms with Gasteiger partial charge in [-0.3, -0.25) is 4.99 Å². The lowest BCUT2D eigenvalue weighted by atomic mass is 9.96. The van der Waals surface area contributed by atoms with E-state index in [2.05, 4.69) is 4.99 Å². The highest BCUT2D eigenvalue weighted by molar-refractivity contribution is 6.11. The summed E-state index contributed by atoms with van der Waals surface area (Å²) in [6, 6.07) is 26.7. The molecular weight excluding hydrogens is 434 g/mol. The molecule has 7 nitrogen and oxygen atoms in total. The summed E-state index contributed by atoms with van der Waals surface area (Å²) >= 11 is 0. The minimum absolute atomic E-state index is 0.0334. The van der Waals surface area contributed by atoms with Crippen LogP contribution in [0.3, 0.4) is 0 Å². The van der Waals surface area contributed by atoms with Crippen molar-refractivity contribution in [3.63, 3.8) is 0 Å². The van der Waals surface area contributed by atoms with Crippen molar-refractivity contribution in [2.24, 2.45) is 4.99 Å². The number of carbonyl (C=O) groups is 2. The van der Waals surface area contributed by atoms with Gasteiger partial charge in [0.05, 0.1) is 12.2 Å². The average molecular weight is 457 g/mol. The first-order chi connectivity index (χ1) is 16.5. The molecule has 0 saturated carbocycles. The van der Waals surface area contributed by atoms with E-state index < -0.39 is 23.8 Å². The molecule has 1 N–H and O–H groups in total. The molecule has 34 heavy (non-hydrogen) atoms. The summed E-state index contributed by atoms with van der Waals surface area (Å²) < 4.78 is 16.4. The summed E-state index contributed by atoms with van der Waals surface area (Å²) in [5, 5.41) is 11.3. The van der Waals surface area contributed by atoms with Gasteiger partial charge in [0.15, 0.2) is 6.23 Å². The summed E-state index contributed by atoms with van der Waals surface area (Å²) in [7, 11) is 0. The normalized spacial score (nSPS) is 19.2. The predicted octanol–water partition coefficient (Wildman–Crippen LogP) is 3.62. The fraction of sp³-hybridized carbons (Fsp3) is 0.148. The molecule has 2 atom stereocenters. The lowest BCUT2D eigenvalue weighted by Crippen LogP contribution is -2.52. The van der Waals surface area contributed by atoms with Crippen molar-refractivity contribution >= 4 is 18.2 Å². The van der Waals surface area contributed by atoms with Crippen LogP contribution in [0.2, 0.25) is 0 Å². The van der Waals surface area contributed by atoms with E-state index in [9.17, 15) is 14.7 Å². The third-order valence-corrected chi connectivity index (χ3v) is 5.08. The number of dihydropyridines is 1. The van der Waals surface area contributed by atoms with Crippen molar-refractivity contribution in [2.75, 3.05) is 0 Å². The molecule has 0 radical (unpaired) electrons. The maximum absolute atomic E-state index is 13.0. The third-order valence-electron chi connectivity index (χ3n) is 5.08. The molecule has 0 aliphatic carbocycles. The first-order valence-corrected chi connectivity index (χ1v) is 10.7. The SMILES string of the molecule is O=C(OCc1ccccc1)C1=CC(O)(C(=O)Oc2ccccc2)C(OCc2ccccc2)N=C1. The minimum Gasteiger partial charge on any atom is -0.457 e. The van der Waals surface area contributed by atoms with E-state index in [1.165, 1.54) is 6.21 Å². The zero-order chi connectivity index (χ0) is 23.8. The summed E-state index contributed by atoms with van der Waals surface area (Å²) in [5.41, 5.74) is -0.802. The van der Waals surface area contributed by atoms with Crippen LogP contribution in [-0.2, 0) is 32.3 Å². The van der Waals surface area contributed by atoms with Gasteiger partial charge in [-0.25, -0.2) is 9.59 Å². The number of carbonyl (C=O) groups excluding carboxylic acids is 2. The van der Waals surface area contributed by atoms with E-state index in [1.54, 1.807) is 30.3 Å². The van der Waals surface area contributed by atoms with E-state index in [1.807, 2.05) is 60.7 Å². The number of esters is 2. The van der Waals surface area contributed by atoms with Gasteiger partial charge in [-0.2, -0.15) is 0 Å². The summed E-state index contributed by atoms with van der Waals surface area (Å²) in [4.78, 5) is 29.8. The van der Waals surface area contributed by atoms with E-state index >= 15 is 0 Å². The fourth-order valence-electron chi connectivity index (χ4n) is 3.28. The Hall–Kier alpha value is -4.07. The molecule has 4 rings (SSSR count). The molecule has 0 fully saturated rings.